The normalized spacial score (nSPS) is 17.4. The summed E-state index contributed by atoms with van der Waals surface area (Å²) in [5, 5.41) is 3.43. The van der Waals surface area contributed by atoms with E-state index in [1.165, 1.54) is 5.56 Å². The topological polar surface area (TPSA) is 54.5 Å². The van der Waals surface area contributed by atoms with E-state index < -0.39 is 0 Å². The molecule has 3 rings (SSSR count). The maximum Gasteiger partial charge on any atom is 0.261 e. The van der Waals surface area contributed by atoms with Gasteiger partial charge in [-0.1, -0.05) is 39.0 Å². The van der Waals surface area contributed by atoms with Gasteiger partial charge in [0.25, 0.3) is 5.91 Å². The summed E-state index contributed by atoms with van der Waals surface area (Å²) in [4.78, 5) is 19.5. The van der Waals surface area contributed by atoms with Crippen molar-refractivity contribution in [3.63, 3.8) is 0 Å². The molecule has 1 fully saturated rings. The van der Waals surface area contributed by atoms with Crippen LogP contribution in [0.2, 0.25) is 0 Å². The molecule has 156 valence electrons. The van der Waals surface area contributed by atoms with Crippen molar-refractivity contribution < 1.29 is 9.53 Å². The molecule has 5 heteroatoms. The van der Waals surface area contributed by atoms with Crippen molar-refractivity contribution in [3.8, 4) is 5.75 Å². The fourth-order valence-corrected chi connectivity index (χ4v) is 3.68. The molecule has 29 heavy (non-hydrogen) atoms. The SMILES string of the molecule is CC(C)(C)c1ccc(OCC(=O)N(Cc2ccccn2)C2CCCNCC2)cc1. The number of amides is 1. The van der Waals surface area contributed by atoms with Gasteiger partial charge in [-0.25, -0.2) is 0 Å². The summed E-state index contributed by atoms with van der Waals surface area (Å²) in [5.74, 6) is 0.745. The Labute approximate surface area is 174 Å². The third-order valence-electron chi connectivity index (χ3n) is 5.45. The van der Waals surface area contributed by atoms with Gasteiger partial charge in [-0.2, -0.15) is 0 Å². The van der Waals surface area contributed by atoms with Gasteiger partial charge in [-0.15, -0.1) is 0 Å². The standard InChI is InChI=1S/C24H33N3O2/c1-24(2,3)19-9-11-22(12-10-19)29-18-23(28)27(17-20-7-4-5-15-26-20)21-8-6-14-25-16-13-21/h4-5,7,9-12,15,21,25H,6,8,13-14,16-18H2,1-3H3. The highest BCUT2D eigenvalue weighted by Gasteiger charge is 2.25. The minimum absolute atomic E-state index is 0.0162. The molecule has 1 unspecified atom stereocenters. The van der Waals surface area contributed by atoms with E-state index in [9.17, 15) is 4.79 Å². The second kappa shape index (κ2) is 9.88. The van der Waals surface area contributed by atoms with Gasteiger partial charge in [0.15, 0.2) is 6.61 Å². The van der Waals surface area contributed by atoms with Crippen molar-refractivity contribution in [2.45, 2.75) is 58.0 Å². The number of hydrogen-bond donors (Lipinski definition) is 1. The van der Waals surface area contributed by atoms with E-state index >= 15 is 0 Å². The van der Waals surface area contributed by atoms with Crippen molar-refractivity contribution in [1.82, 2.24) is 15.2 Å². The number of aromatic nitrogens is 1. The van der Waals surface area contributed by atoms with Crippen LogP contribution in [0.1, 0.15) is 51.3 Å². The van der Waals surface area contributed by atoms with E-state index in [4.69, 9.17) is 4.74 Å². The Balaban J connectivity index is 1.67. The second-order valence-corrected chi connectivity index (χ2v) is 8.74. The minimum atomic E-state index is 0.0162. The Bertz CT molecular complexity index is 761. The Hall–Kier alpha value is -2.40. The van der Waals surface area contributed by atoms with Gasteiger partial charge < -0.3 is 15.0 Å². The first kappa shape index (κ1) is 21.3. The summed E-state index contributed by atoms with van der Waals surface area (Å²) in [6.45, 7) is 9.07. The van der Waals surface area contributed by atoms with Gasteiger partial charge in [0, 0.05) is 12.2 Å². The average Bonchev–Trinajstić information content (AvgIpc) is 3.00. The average molecular weight is 396 g/mol. The lowest BCUT2D eigenvalue weighted by Gasteiger charge is -2.31. The number of hydrogen-bond acceptors (Lipinski definition) is 4. The summed E-state index contributed by atoms with van der Waals surface area (Å²) in [6.07, 6.45) is 4.82. The predicted octanol–water partition coefficient (Wildman–Crippen LogP) is 3.93. The fraction of sp³-hybridized carbons (Fsp3) is 0.500. The van der Waals surface area contributed by atoms with Crippen molar-refractivity contribution in [1.29, 1.82) is 0 Å². The molecule has 2 heterocycles. The minimum Gasteiger partial charge on any atom is -0.484 e. The second-order valence-electron chi connectivity index (χ2n) is 8.74. The first-order valence-electron chi connectivity index (χ1n) is 10.6. The zero-order valence-electron chi connectivity index (χ0n) is 17.9. The molecule has 0 radical (unpaired) electrons. The Morgan fingerprint density at radius 2 is 1.93 bits per heavy atom. The van der Waals surface area contributed by atoms with Crippen LogP contribution in [0.5, 0.6) is 5.75 Å². The largest absolute Gasteiger partial charge is 0.484 e. The van der Waals surface area contributed by atoms with Crippen molar-refractivity contribution in [2.75, 3.05) is 19.7 Å². The lowest BCUT2D eigenvalue weighted by Crippen LogP contribution is -2.43. The number of rotatable bonds is 6. The summed E-state index contributed by atoms with van der Waals surface area (Å²) in [6, 6.07) is 14.1. The maximum atomic E-state index is 13.1. The molecule has 1 aliphatic rings. The first-order valence-corrected chi connectivity index (χ1v) is 10.6. The highest BCUT2D eigenvalue weighted by Crippen LogP contribution is 2.24. The first-order chi connectivity index (χ1) is 13.9. The van der Waals surface area contributed by atoms with Crippen LogP contribution < -0.4 is 10.1 Å². The van der Waals surface area contributed by atoms with Gasteiger partial charge in [0.05, 0.1) is 12.2 Å². The lowest BCUT2D eigenvalue weighted by atomic mass is 9.87. The summed E-state index contributed by atoms with van der Waals surface area (Å²) in [7, 11) is 0. The molecular formula is C24H33N3O2. The van der Waals surface area contributed by atoms with E-state index in [2.05, 4.69) is 43.2 Å². The van der Waals surface area contributed by atoms with Crippen LogP contribution in [0.4, 0.5) is 0 Å². The van der Waals surface area contributed by atoms with E-state index in [-0.39, 0.29) is 24.0 Å². The predicted molar refractivity (Wildman–Crippen MR) is 116 cm³/mol. The van der Waals surface area contributed by atoms with Crippen LogP contribution in [0.15, 0.2) is 48.7 Å². The molecule has 1 aliphatic heterocycles. The van der Waals surface area contributed by atoms with Gasteiger partial charge in [-0.3, -0.25) is 9.78 Å². The maximum absolute atomic E-state index is 13.1. The molecule has 0 spiro atoms. The smallest absolute Gasteiger partial charge is 0.261 e. The van der Waals surface area contributed by atoms with Crippen LogP contribution in [-0.2, 0) is 16.8 Å². The van der Waals surface area contributed by atoms with E-state index in [0.29, 0.717) is 6.54 Å². The van der Waals surface area contributed by atoms with Crippen molar-refractivity contribution in [2.24, 2.45) is 0 Å². The van der Waals surface area contributed by atoms with Gasteiger partial charge in [0.2, 0.25) is 0 Å². The molecule has 1 aromatic carbocycles. The Morgan fingerprint density at radius 3 is 2.62 bits per heavy atom. The number of carbonyl (C=O) groups is 1. The molecule has 1 saturated heterocycles. The molecule has 2 aromatic rings. The molecule has 1 aromatic heterocycles. The third-order valence-corrected chi connectivity index (χ3v) is 5.45. The Morgan fingerprint density at radius 1 is 1.14 bits per heavy atom. The zero-order valence-corrected chi connectivity index (χ0v) is 17.9. The number of ether oxygens (including phenoxy) is 1. The van der Waals surface area contributed by atoms with Crippen LogP contribution in [0, 0.1) is 0 Å². The number of carbonyl (C=O) groups excluding carboxylic acids is 1. The molecule has 0 saturated carbocycles. The molecule has 0 bridgehead atoms. The zero-order chi connectivity index (χ0) is 20.7. The number of benzene rings is 1. The molecule has 0 aliphatic carbocycles. The molecular weight excluding hydrogens is 362 g/mol. The van der Waals surface area contributed by atoms with Gasteiger partial charge >= 0.3 is 0 Å². The van der Waals surface area contributed by atoms with Crippen LogP contribution >= 0.6 is 0 Å². The molecule has 1 N–H and O–H groups in total. The summed E-state index contributed by atoms with van der Waals surface area (Å²) >= 11 is 0. The van der Waals surface area contributed by atoms with E-state index in [1.54, 1.807) is 6.20 Å². The molecule has 1 amide bonds. The van der Waals surface area contributed by atoms with Crippen molar-refractivity contribution >= 4 is 5.91 Å². The fourth-order valence-electron chi connectivity index (χ4n) is 3.68. The summed E-state index contributed by atoms with van der Waals surface area (Å²) < 4.78 is 5.85. The van der Waals surface area contributed by atoms with E-state index in [0.717, 1.165) is 43.8 Å². The number of nitrogens with one attached hydrogen (secondary N) is 1. The molecule has 1 atom stereocenters. The molecule has 5 nitrogen and oxygen atoms in total. The third kappa shape index (κ3) is 6.29. The lowest BCUT2D eigenvalue weighted by molar-refractivity contribution is -0.136. The van der Waals surface area contributed by atoms with Crippen LogP contribution in [-0.4, -0.2) is 41.5 Å². The van der Waals surface area contributed by atoms with E-state index in [1.807, 2.05) is 35.2 Å². The van der Waals surface area contributed by atoms with Crippen LogP contribution in [0.25, 0.3) is 0 Å². The highest BCUT2D eigenvalue weighted by atomic mass is 16.5. The highest BCUT2D eigenvalue weighted by molar-refractivity contribution is 5.78. The van der Waals surface area contributed by atoms with Crippen molar-refractivity contribution in [3.05, 3.63) is 59.9 Å². The monoisotopic (exact) mass is 395 g/mol. The van der Waals surface area contributed by atoms with Gasteiger partial charge in [-0.05, 0) is 67.6 Å². The Kier molecular flexibility index (Phi) is 7.26. The summed E-state index contributed by atoms with van der Waals surface area (Å²) in [5.41, 5.74) is 2.26. The van der Waals surface area contributed by atoms with Gasteiger partial charge in [0.1, 0.15) is 5.75 Å². The quantitative estimate of drug-likeness (QED) is 0.805. The number of nitrogens with zero attached hydrogens (tertiary/aromatic N) is 2. The van der Waals surface area contributed by atoms with Crippen LogP contribution in [0.3, 0.4) is 0 Å². The number of pyridine rings is 1.